The van der Waals surface area contributed by atoms with Crippen molar-refractivity contribution in [2.75, 3.05) is 22.1 Å². The van der Waals surface area contributed by atoms with Gasteiger partial charge in [-0.15, -0.1) is 0 Å². The van der Waals surface area contributed by atoms with Gasteiger partial charge in [-0.3, -0.25) is 20.2 Å². The molecule has 0 fully saturated rings. The van der Waals surface area contributed by atoms with Gasteiger partial charge in [0.15, 0.2) is 0 Å². The van der Waals surface area contributed by atoms with Crippen LogP contribution >= 0.6 is 0 Å². The number of hydrogen-bond acceptors (Lipinski definition) is 8. The number of aryl methyl sites for hydroxylation is 2. The standard InChI is InChI=1S/C20H20N6O4/c1-11-3-5-13(7-15(11)21)23-17-9-18(20(26(29)30)10-19(17)25(27)28)24-14-6-4-12(2)16(22)8-14/h3-10,23-24H,21-22H2,1-2H3. The Kier molecular flexibility index (Phi) is 5.41. The van der Waals surface area contributed by atoms with E-state index < -0.39 is 21.2 Å². The molecule has 30 heavy (non-hydrogen) atoms. The van der Waals surface area contributed by atoms with Crippen LogP contribution in [0.2, 0.25) is 0 Å². The smallest absolute Gasteiger partial charge is 0.299 e. The molecular weight excluding hydrogens is 388 g/mol. The predicted molar refractivity (Wildman–Crippen MR) is 117 cm³/mol. The van der Waals surface area contributed by atoms with Crippen molar-refractivity contribution in [1.29, 1.82) is 0 Å². The summed E-state index contributed by atoms with van der Waals surface area (Å²) in [5.74, 6) is 0. The summed E-state index contributed by atoms with van der Waals surface area (Å²) in [4.78, 5) is 21.7. The highest BCUT2D eigenvalue weighted by Crippen LogP contribution is 2.39. The number of nitro benzene ring substituents is 2. The normalized spacial score (nSPS) is 10.5. The zero-order valence-corrected chi connectivity index (χ0v) is 16.3. The second-order valence-electron chi connectivity index (χ2n) is 6.79. The largest absolute Gasteiger partial charge is 0.398 e. The molecule has 154 valence electrons. The van der Waals surface area contributed by atoms with E-state index in [1.54, 1.807) is 36.4 Å². The fourth-order valence-corrected chi connectivity index (χ4v) is 2.83. The second-order valence-corrected chi connectivity index (χ2v) is 6.79. The van der Waals surface area contributed by atoms with E-state index in [4.69, 9.17) is 11.5 Å². The average molecular weight is 408 g/mol. The highest BCUT2D eigenvalue weighted by Gasteiger charge is 2.25. The minimum Gasteiger partial charge on any atom is -0.398 e. The number of benzene rings is 3. The van der Waals surface area contributed by atoms with Gasteiger partial charge in [-0.2, -0.15) is 0 Å². The maximum absolute atomic E-state index is 11.5. The van der Waals surface area contributed by atoms with Gasteiger partial charge in [0.2, 0.25) is 0 Å². The SMILES string of the molecule is Cc1ccc(Nc2cc(Nc3ccc(C)c(N)c3)c([N+](=O)[O-])cc2[N+](=O)[O-])cc1N. The maximum atomic E-state index is 11.5. The molecule has 10 heteroatoms. The van der Waals surface area contributed by atoms with Gasteiger partial charge in [-0.05, 0) is 55.3 Å². The van der Waals surface area contributed by atoms with Gasteiger partial charge < -0.3 is 22.1 Å². The fourth-order valence-electron chi connectivity index (χ4n) is 2.83. The Bertz CT molecular complexity index is 1080. The third-order valence-corrected chi connectivity index (χ3v) is 4.62. The van der Waals surface area contributed by atoms with Crippen molar-refractivity contribution in [3.8, 4) is 0 Å². The molecule has 0 aromatic heterocycles. The van der Waals surface area contributed by atoms with E-state index >= 15 is 0 Å². The van der Waals surface area contributed by atoms with Crippen molar-refractivity contribution in [3.63, 3.8) is 0 Å². The van der Waals surface area contributed by atoms with E-state index in [-0.39, 0.29) is 11.4 Å². The van der Waals surface area contributed by atoms with Crippen LogP contribution in [0.5, 0.6) is 0 Å². The molecule has 0 aliphatic rings. The quantitative estimate of drug-likeness (QED) is 0.257. The maximum Gasteiger partial charge on any atom is 0.299 e. The van der Waals surface area contributed by atoms with Gasteiger partial charge in [0.1, 0.15) is 11.4 Å². The van der Waals surface area contributed by atoms with Crippen molar-refractivity contribution in [1.82, 2.24) is 0 Å². The molecule has 6 N–H and O–H groups in total. The first kappa shape index (κ1) is 20.4. The van der Waals surface area contributed by atoms with Crippen LogP contribution in [0, 0.1) is 34.1 Å². The van der Waals surface area contributed by atoms with Crippen LogP contribution in [-0.4, -0.2) is 9.85 Å². The Morgan fingerprint density at radius 3 is 1.43 bits per heavy atom. The summed E-state index contributed by atoms with van der Waals surface area (Å²) < 4.78 is 0. The van der Waals surface area contributed by atoms with Crippen LogP contribution in [0.3, 0.4) is 0 Å². The second kappa shape index (κ2) is 7.95. The average Bonchev–Trinajstić information content (AvgIpc) is 2.67. The van der Waals surface area contributed by atoms with Gasteiger partial charge >= 0.3 is 0 Å². The summed E-state index contributed by atoms with van der Waals surface area (Å²) in [6.07, 6.45) is 0. The summed E-state index contributed by atoms with van der Waals surface area (Å²) in [6.45, 7) is 3.67. The van der Waals surface area contributed by atoms with Crippen molar-refractivity contribution in [3.05, 3.63) is 79.9 Å². The van der Waals surface area contributed by atoms with E-state index in [1.807, 2.05) is 13.8 Å². The monoisotopic (exact) mass is 408 g/mol. The summed E-state index contributed by atoms with van der Waals surface area (Å²) >= 11 is 0. The first-order valence-corrected chi connectivity index (χ1v) is 8.89. The predicted octanol–water partition coefficient (Wildman–Crippen LogP) is 4.77. The lowest BCUT2D eigenvalue weighted by atomic mass is 10.1. The van der Waals surface area contributed by atoms with E-state index in [2.05, 4.69) is 10.6 Å². The lowest BCUT2D eigenvalue weighted by molar-refractivity contribution is -0.393. The molecule has 0 radical (unpaired) electrons. The molecule has 0 heterocycles. The van der Waals surface area contributed by atoms with Gasteiger partial charge in [-0.25, -0.2) is 0 Å². The number of anilines is 6. The fraction of sp³-hybridized carbons (Fsp3) is 0.100. The molecule has 3 rings (SSSR count). The first-order valence-electron chi connectivity index (χ1n) is 8.89. The number of hydrogen-bond donors (Lipinski definition) is 4. The molecule has 0 amide bonds. The van der Waals surface area contributed by atoms with Crippen LogP contribution in [-0.2, 0) is 0 Å². The number of nitrogen functional groups attached to an aromatic ring is 2. The Morgan fingerprint density at radius 1 is 0.700 bits per heavy atom. The molecular formula is C20H20N6O4. The van der Waals surface area contributed by atoms with E-state index in [9.17, 15) is 20.2 Å². The molecule has 0 atom stereocenters. The Morgan fingerprint density at radius 2 is 1.10 bits per heavy atom. The lowest BCUT2D eigenvalue weighted by Gasteiger charge is -2.13. The topological polar surface area (TPSA) is 162 Å². The summed E-state index contributed by atoms with van der Waals surface area (Å²) in [7, 11) is 0. The zero-order valence-electron chi connectivity index (χ0n) is 16.3. The first-order chi connectivity index (χ1) is 14.2. The number of nitro groups is 2. The van der Waals surface area contributed by atoms with Crippen LogP contribution in [0.4, 0.5) is 45.5 Å². The number of nitrogens with two attached hydrogens (primary N) is 2. The zero-order chi connectivity index (χ0) is 22.0. The summed E-state index contributed by atoms with van der Waals surface area (Å²) in [6, 6.07) is 12.5. The number of nitrogens with one attached hydrogen (secondary N) is 2. The van der Waals surface area contributed by atoms with E-state index in [0.717, 1.165) is 17.2 Å². The highest BCUT2D eigenvalue weighted by molar-refractivity contribution is 5.83. The molecule has 0 aliphatic heterocycles. The van der Waals surface area contributed by atoms with Crippen molar-refractivity contribution in [2.24, 2.45) is 0 Å². The third-order valence-electron chi connectivity index (χ3n) is 4.62. The van der Waals surface area contributed by atoms with Crippen LogP contribution < -0.4 is 22.1 Å². The van der Waals surface area contributed by atoms with Crippen LogP contribution in [0.15, 0.2) is 48.5 Å². The summed E-state index contributed by atoms with van der Waals surface area (Å²) in [5.41, 5.74) is 14.9. The third kappa shape index (κ3) is 4.22. The Labute approximate surface area is 171 Å². The minimum atomic E-state index is -0.680. The van der Waals surface area contributed by atoms with E-state index in [0.29, 0.717) is 22.7 Å². The molecule has 0 saturated heterocycles. The van der Waals surface area contributed by atoms with Gasteiger partial charge in [0.05, 0.1) is 15.9 Å². The number of nitrogens with zero attached hydrogens (tertiary/aromatic N) is 2. The van der Waals surface area contributed by atoms with Crippen LogP contribution in [0.25, 0.3) is 0 Å². The Hall–Kier alpha value is -4.34. The lowest BCUT2D eigenvalue weighted by Crippen LogP contribution is -2.03. The molecule has 0 saturated carbocycles. The van der Waals surface area contributed by atoms with Crippen molar-refractivity contribution < 1.29 is 9.85 Å². The molecule has 3 aromatic carbocycles. The van der Waals surface area contributed by atoms with E-state index in [1.165, 1.54) is 6.07 Å². The molecule has 0 spiro atoms. The summed E-state index contributed by atoms with van der Waals surface area (Å²) in [5, 5.41) is 28.9. The van der Waals surface area contributed by atoms with Crippen molar-refractivity contribution >= 4 is 45.5 Å². The molecule has 0 unspecified atom stereocenters. The molecule has 0 bridgehead atoms. The van der Waals surface area contributed by atoms with Crippen molar-refractivity contribution in [2.45, 2.75) is 13.8 Å². The highest BCUT2D eigenvalue weighted by atomic mass is 16.6. The van der Waals surface area contributed by atoms with Gasteiger partial charge in [0.25, 0.3) is 11.4 Å². The van der Waals surface area contributed by atoms with Gasteiger partial charge in [-0.1, -0.05) is 12.1 Å². The van der Waals surface area contributed by atoms with Gasteiger partial charge in [0, 0.05) is 22.7 Å². The number of rotatable bonds is 6. The Balaban J connectivity index is 2.09. The molecule has 10 nitrogen and oxygen atoms in total. The van der Waals surface area contributed by atoms with Crippen LogP contribution in [0.1, 0.15) is 11.1 Å². The minimum absolute atomic E-state index is 0.0800. The molecule has 0 aliphatic carbocycles. The molecule has 3 aromatic rings.